The lowest BCUT2D eigenvalue weighted by Crippen LogP contribution is -2.25. The lowest BCUT2D eigenvalue weighted by molar-refractivity contribution is -0.384. The van der Waals surface area contributed by atoms with Crippen LogP contribution in [0.15, 0.2) is 76.3 Å². The molecule has 0 fully saturated rings. The summed E-state index contributed by atoms with van der Waals surface area (Å²) in [4.78, 5) is 28.2. The van der Waals surface area contributed by atoms with Gasteiger partial charge in [0.2, 0.25) is 5.13 Å². The predicted molar refractivity (Wildman–Crippen MR) is 121 cm³/mol. The zero-order valence-corrected chi connectivity index (χ0v) is 18.0. The molecule has 0 saturated heterocycles. The molecule has 154 valence electrons. The molecule has 4 aromatic rings. The fraction of sp³-hybridized carbons (Fsp3) is 0. The normalized spacial score (nSPS) is 11.2. The number of aromatic nitrogens is 1. The minimum absolute atomic E-state index is 0.0888. The number of carbonyl (C=O) groups is 1. The van der Waals surface area contributed by atoms with Crippen LogP contribution in [0, 0.1) is 15.9 Å². The van der Waals surface area contributed by atoms with Gasteiger partial charge in [-0.05, 0) is 42.0 Å². The van der Waals surface area contributed by atoms with Crippen LogP contribution >= 0.6 is 27.3 Å². The van der Waals surface area contributed by atoms with E-state index in [9.17, 15) is 19.3 Å². The number of halogens is 2. The molecule has 0 unspecified atom stereocenters. The Morgan fingerprint density at radius 1 is 1.16 bits per heavy atom. The molecule has 0 saturated carbocycles. The van der Waals surface area contributed by atoms with E-state index in [0.717, 1.165) is 14.2 Å². The Bertz CT molecular complexity index is 1320. The van der Waals surface area contributed by atoms with Crippen molar-refractivity contribution in [3.8, 4) is 0 Å². The van der Waals surface area contributed by atoms with Crippen LogP contribution in [0.3, 0.4) is 0 Å². The molecule has 10 heteroatoms. The van der Waals surface area contributed by atoms with Crippen molar-refractivity contribution in [1.29, 1.82) is 0 Å². The number of nitro benzene ring substituents is 1. The maximum Gasteiger partial charge on any atom is 0.281 e. The molecular formula is C21H12BrFN4O3S. The van der Waals surface area contributed by atoms with E-state index < -0.39 is 16.6 Å². The number of thiazole rings is 1. The van der Waals surface area contributed by atoms with Gasteiger partial charge in [0.1, 0.15) is 5.82 Å². The second-order valence-electron chi connectivity index (χ2n) is 6.33. The van der Waals surface area contributed by atoms with Gasteiger partial charge < -0.3 is 0 Å². The van der Waals surface area contributed by atoms with Gasteiger partial charge in [0.05, 0.1) is 21.4 Å². The summed E-state index contributed by atoms with van der Waals surface area (Å²) in [6, 6.07) is 16.5. The number of rotatable bonds is 5. The zero-order chi connectivity index (χ0) is 22.0. The summed E-state index contributed by atoms with van der Waals surface area (Å²) < 4.78 is 14.9. The van der Waals surface area contributed by atoms with Gasteiger partial charge in [-0.15, -0.1) is 0 Å². The molecule has 0 spiro atoms. The van der Waals surface area contributed by atoms with E-state index in [-0.39, 0.29) is 11.3 Å². The number of amides is 1. The summed E-state index contributed by atoms with van der Waals surface area (Å²) in [6.45, 7) is 0. The minimum atomic E-state index is -0.583. The van der Waals surface area contributed by atoms with Gasteiger partial charge in [0.15, 0.2) is 0 Å². The first kappa shape index (κ1) is 20.8. The number of non-ortho nitro benzene ring substituents is 1. The van der Waals surface area contributed by atoms with Gasteiger partial charge in [0, 0.05) is 22.2 Å². The van der Waals surface area contributed by atoms with Gasteiger partial charge in [-0.2, -0.15) is 10.1 Å². The Morgan fingerprint density at radius 3 is 2.68 bits per heavy atom. The smallest absolute Gasteiger partial charge is 0.267 e. The number of carbonyl (C=O) groups excluding carboxylic acids is 1. The molecule has 1 amide bonds. The van der Waals surface area contributed by atoms with Crippen LogP contribution in [0.4, 0.5) is 15.2 Å². The Labute approximate surface area is 187 Å². The summed E-state index contributed by atoms with van der Waals surface area (Å²) in [5, 5.41) is 16.8. The summed E-state index contributed by atoms with van der Waals surface area (Å²) in [6.07, 6.45) is 1.40. The molecule has 1 aromatic heterocycles. The lowest BCUT2D eigenvalue weighted by atomic mass is 10.2. The van der Waals surface area contributed by atoms with E-state index in [1.54, 1.807) is 6.07 Å². The van der Waals surface area contributed by atoms with Crippen LogP contribution in [0.5, 0.6) is 0 Å². The van der Waals surface area contributed by atoms with Crippen molar-refractivity contribution >= 4 is 60.4 Å². The third kappa shape index (κ3) is 4.65. The Hall–Kier alpha value is -3.50. The first-order chi connectivity index (χ1) is 14.9. The van der Waals surface area contributed by atoms with E-state index in [1.807, 2.05) is 12.1 Å². The summed E-state index contributed by atoms with van der Waals surface area (Å²) in [5.74, 6) is -0.974. The number of hydrazone groups is 1. The van der Waals surface area contributed by atoms with Crippen molar-refractivity contribution in [2.75, 3.05) is 5.01 Å². The van der Waals surface area contributed by atoms with Crippen molar-refractivity contribution in [1.82, 2.24) is 4.98 Å². The quantitative estimate of drug-likeness (QED) is 0.198. The SMILES string of the molecule is O=C(c1cccc([N+](=O)[O-])c1)N(/N=C/c1ccc(F)cc1)c1nc2ccc(Br)cc2s1. The number of hydrogen-bond donors (Lipinski definition) is 0. The third-order valence-corrected chi connectivity index (χ3v) is 5.70. The maximum absolute atomic E-state index is 13.2. The summed E-state index contributed by atoms with van der Waals surface area (Å²) in [7, 11) is 0. The highest BCUT2D eigenvalue weighted by atomic mass is 79.9. The van der Waals surface area contributed by atoms with Crippen molar-refractivity contribution in [3.63, 3.8) is 0 Å². The fourth-order valence-corrected chi connectivity index (χ4v) is 4.19. The molecule has 0 bridgehead atoms. The molecule has 0 aliphatic heterocycles. The number of nitro groups is 1. The van der Waals surface area contributed by atoms with Crippen LogP contribution in [-0.2, 0) is 0 Å². The van der Waals surface area contributed by atoms with Crippen LogP contribution in [0.25, 0.3) is 10.2 Å². The number of anilines is 1. The maximum atomic E-state index is 13.2. The van der Waals surface area contributed by atoms with Crippen molar-refractivity contribution in [2.45, 2.75) is 0 Å². The molecule has 0 N–H and O–H groups in total. The summed E-state index contributed by atoms with van der Waals surface area (Å²) in [5.41, 5.74) is 1.13. The molecule has 0 radical (unpaired) electrons. The Kier molecular flexibility index (Phi) is 5.83. The molecular weight excluding hydrogens is 487 g/mol. The number of nitrogens with zero attached hydrogens (tertiary/aromatic N) is 4. The third-order valence-electron chi connectivity index (χ3n) is 4.21. The molecule has 0 atom stereocenters. The van der Waals surface area contributed by atoms with Crippen LogP contribution in [0.2, 0.25) is 0 Å². The molecule has 4 rings (SSSR count). The van der Waals surface area contributed by atoms with E-state index in [0.29, 0.717) is 16.2 Å². The second-order valence-corrected chi connectivity index (χ2v) is 8.25. The van der Waals surface area contributed by atoms with Crippen molar-refractivity contribution in [2.24, 2.45) is 5.10 Å². The van der Waals surface area contributed by atoms with Crippen molar-refractivity contribution < 1.29 is 14.1 Å². The van der Waals surface area contributed by atoms with E-state index in [1.165, 1.54) is 66.1 Å². The number of benzene rings is 3. The Morgan fingerprint density at radius 2 is 1.94 bits per heavy atom. The van der Waals surface area contributed by atoms with E-state index in [4.69, 9.17) is 0 Å². The average Bonchev–Trinajstić information content (AvgIpc) is 3.18. The van der Waals surface area contributed by atoms with Gasteiger partial charge in [-0.3, -0.25) is 14.9 Å². The highest BCUT2D eigenvalue weighted by Crippen LogP contribution is 2.32. The standard InChI is InChI=1S/C21H12BrFN4O3S/c22-15-6-9-18-19(11-15)31-21(25-18)26(24-12-13-4-7-16(23)8-5-13)20(28)14-2-1-3-17(10-14)27(29)30/h1-12H/b24-12+. The van der Waals surface area contributed by atoms with Gasteiger partial charge in [-0.25, -0.2) is 9.37 Å². The monoisotopic (exact) mass is 498 g/mol. The number of fused-ring (bicyclic) bond motifs is 1. The lowest BCUT2D eigenvalue weighted by Gasteiger charge is -2.13. The first-order valence-corrected chi connectivity index (χ1v) is 10.5. The van der Waals surface area contributed by atoms with Gasteiger partial charge in [0.25, 0.3) is 11.6 Å². The predicted octanol–water partition coefficient (Wildman–Crippen LogP) is 5.79. The molecule has 1 heterocycles. The molecule has 0 aliphatic rings. The van der Waals surface area contributed by atoms with Crippen molar-refractivity contribution in [3.05, 3.63) is 98.3 Å². The average molecular weight is 499 g/mol. The zero-order valence-electron chi connectivity index (χ0n) is 15.6. The highest BCUT2D eigenvalue weighted by molar-refractivity contribution is 9.10. The molecule has 7 nitrogen and oxygen atoms in total. The topological polar surface area (TPSA) is 88.7 Å². The van der Waals surface area contributed by atoms with Gasteiger partial charge >= 0.3 is 0 Å². The Balaban J connectivity index is 1.77. The van der Waals surface area contributed by atoms with Gasteiger partial charge in [-0.1, -0.05) is 45.5 Å². The van der Waals surface area contributed by atoms with Crippen LogP contribution in [-0.4, -0.2) is 22.0 Å². The minimum Gasteiger partial charge on any atom is -0.267 e. The summed E-state index contributed by atoms with van der Waals surface area (Å²) >= 11 is 4.65. The largest absolute Gasteiger partial charge is 0.281 e. The number of hydrogen-bond acceptors (Lipinski definition) is 6. The van der Waals surface area contributed by atoms with Crippen LogP contribution in [0.1, 0.15) is 15.9 Å². The van der Waals surface area contributed by atoms with Crippen LogP contribution < -0.4 is 5.01 Å². The molecule has 31 heavy (non-hydrogen) atoms. The highest BCUT2D eigenvalue weighted by Gasteiger charge is 2.22. The van der Waals surface area contributed by atoms with E-state index >= 15 is 0 Å². The first-order valence-electron chi connectivity index (χ1n) is 8.85. The molecule has 3 aromatic carbocycles. The fourth-order valence-electron chi connectivity index (χ4n) is 2.71. The van der Waals surface area contributed by atoms with E-state index in [2.05, 4.69) is 26.0 Å². The second kappa shape index (κ2) is 8.70. The molecule has 0 aliphatic carbocycles.